The lowest BCUT2D eigenvalue weighted by atomic mass is 9.92. The van der Waals surface area contributed by atoms with Crippen LogP contribution in [0.2, 0.25) is 0 Å². The van der Waals surface area contributed by atoms with E-state index in [1.807, 2.05) is 13.8 Å². The minimum Gasteiger partial charge on any atom is -0.461 e. The van der Waals surface area contributed by atoms with Gasteiger partial charge in [0.2, 0.25) is 17.6 Å². The number of nitrogens with zero attached hydrogens (tertiary/aromatic N) is 2. The normalized spacial score (nSPS) is 14.0. The van der Waals surface area contributed by atoms with E-state index < -0.39 is 5.60 Å². The maximum absolute atomic E-state index is 11.8. The number of aliphatic hydroxyl groups is 1. The lowest BCUT2D eigenvalue weighted by Crippen LogP contribution is -2.44. The molecule has 120 valence electrons. The summed E-state index contributed by atoms with van der Waals surface area (Å²) < 4.78 is 10.2. The molecule has 2 rings (SSSR count). The number of furan rings is 1. The summed E-state index contributed by atoms with van der Waals surface area (Å²) in [4.78, 5) is 16.0. The molecule has 1 atom stereocenters. The number of amides is 1. The van der Waals surface area contributed by atoms with Crippen LogP contribution in [0.25, 0.3) is 11.6 Å². The van der Waals surface area contributed by atoms with Crippen LogP contribution >= 0.6 is 0 Å². The number of hydrogen-bond acceptors (Lipinski definition) is 6. The van der Waals surface area contributed by atoms with Crippen molar-refractivity contribution in [3.63, 3.8) is 0 Å². The van der Waals surface area contributed by atoms with Gasteiger partial charge >= 0.3 is 0 Å². The highest BCUT2D eigenvalue weighted by Crippen LogP contribution is 2.16. The van der Waals surface area contributed by atoms with E-state index in [1.165, 1.54) is 6.26 Å². The van der Waals surface area contributed by atoms with E-state index in [2.05, 4.69) is 15.5 Å². The standard InChI is InChI=1S/C15H21N3O4/c1-10(2)15(3,20)9-16-12(19)6-7-13-17-14(18-22-13)11-5-4-8-21-11/h4-5,8,10,20H,6-7,9H2,1-3H3,(H,16,19). The third-order valence-corrected chi connectivity index (χ3v) is 3.66. The smallest absolute Gasteiger partial charge is 0.238 e. The zero-order valence-electron chi connectivity index (χ0n) is 13.0. The predicted octanol–water partition coefficient (Wildman–Crippen LogP) is 1.79. The number of aromatic nitrogens is 2. The number of carbonyl (C=O) groups is 1. The molecule has 0 fully saturated rings. The van der Waals surface area contributed by atoms with Crippen molar-refractivity contribution in [3.05, 3.63) is 24.3 Å². The van der Waals surface area contributed by atoms with Crippen LogP contribution in [0.1, 0.15) is 33.1 Å². The van der Waals surface area contributed by atoms with Gasteiger partial charge in [-0.25, -0.2) is 0 Å². The second-order valence-corrected chi connectivity index (χ2v) is 5.78. The Labute approximate surface area is 128 Å². The monoisotopic (exact) mass is 307 g/mol. The molecule has 0 spiro atoms. The van der Waals surface area contributed by atoms with Crippen LogP contribution in [0.15, 0.2) is 27.3 Å². The number of carbonyl (C=O) groups excluding carboxylic acids is 1. The predicted molar refractivity (Wildman–Crippen MR) is 78.8 cm³/mol. The first kappa shape index (κ1) is 16.2. The van der Waals surface area contributed by atoms with Gasteiger partial charge in [0.05, 0.1) is 11.9 Å². The van der Waals surface area contributed by atoms with Crippen molar-refractivity contribution >= 4 is 5.91 Å². The van der Waals surface area contributed by atoms with E-state index in [1.54, 1.807) is 19.1 Å². The summed E-state index contributed by atoms with van der Waals surface area (Å²) in [5, 5.41) is 16.6. The Balaban J connectivity index is 1.80. The van der Waals surface area contributed by atoms with Gasteiger partial charge < -0.3 is 19.4 Å². The Hall–Kier alpha value is -2.15. The topological polar surface area (TPSA) is 101 Å². The quantitative estimate of drug-likeness (QED) is 0.808. The number of aryl methyl sites for hydroxylation is 1. The van der Waals surface area contributed by atoms with Gasteiger partial charge in [0.1, 0.15) is 0 Å². The molecule has 0 saturated heterocycles. The SMILES string of the molecule is CC(C)C(C)(O)CNC(=O)CCc1nc(-c2ccco2)no1. The van der Waals surface area contributed by atoms with E-state index in [-0.39, 0.29) is 24.8 Å². The highest BCUT2D eigenvalue weighted by molar-refractivity contribution is 5.76. The zero-order chi connectivity index (χ0) is 16.2. The first-order valence-corrected chi connectivity index (χ1v) is 7.24. The molecule has 7 nitrogen and oxygen atoms in total. The summed E-state index contributed by atoms with van der Waals surface area (Å²) in [6, 6.07) is 3.47. The minimum absolute atomic E-state index is 0.0552. The summed E-state index contributed by atoms with van der Waals surface area (Å²) in [6.45, 7) is 5.72. The molecule has 0 aliphatic rings. The molecule has 7 heteroatoms. The van der Waals surface area contributed by atoms with E-state index in [0.29, 0.717) is 23.9 Å². The van der Waals surface area contributed by atoms with Gasteiger partial charge in [-0.3, -0.25) is 4.79 Å². The molecule has 0 saturated carbocycles. The molecule has 2 N–H and O–H groups in total. The molecule has 0 aliphatic carbocycles. The Bertz CT molecular complexity index is 602. The summed E-state index contributed by atoms with van der Waals surface area (Å²) in [5.41, 5.74) is -0.924. The molecule has 2 heterocycles. The molecular formula is C15H21N3O4. The van der Waals surface area contributed by atoms with Crippen LogP contribution in [0.3, 0.4) is 0 Å². The number of rotatable bonds is 7. The van der Waals surface area contributed by atoms with Gasteiger partial charge in [0, 0.05) is 19.4 Å². The molecule has 0 aliphatic heterocycles. The summed E-state index contributed by atoms with van der Waals surface area (Å²) in [5.74, 6) is 1.14. The van der Waals surface area contributed by atoms with Crippen LogP contribution in [0.4, 0.5) is 0 Å². The van der Waals surface area contributed by atoms with Gasteiger partial charge in [-0.1, -0.05) is 19.0 Å². The largest absolute Gasteiger partial charge is 0.461 e. The van der Waals surface area contributed by atoms with Crippen molar-refractivity contribution in [3.8, 4) is 11.6 Å². The van der Waals surface area contributed by atoms with E-state index in [9.17, 15) is 9.90 Å². The van der Waals surface area contributed by atoms with Gasteiger partial charge in [0.25, 0.3) is 0 Å². The molecular weight excluding hydrogens is 286 g/mol. The first-order valence-electron chi connectivity index (χ1n) is 7.24. The highest BCUT2D eigenvalue weighted by Gasteiger charge is 2.25. The van der Waals surface area contributed by atoms with Crippen molar-refractivity contribution in [2.75, 3.05) is 6.54 Å². The van der Waals surface area contributed by atoms with Gasteiger partial charge in [0.15, 0.2) is 5.76 Å². The van der Waals surface area contributed by atoms with Crippen molar-refractivity contribution in [1.82, 2.24) is 15.5 Å². The highest BCUT2D eigenvalue weighted by atomic mass is 16.5. The molecule has 1 unspecified atom stereocenters. The average Bonchev–Trinajstić information content (AvgIpc) is 3.13. The second-order valence-electron chi connectivity index (χ2n) is 5.78. The van der Waals surface area contributed by atoms with Crippen LogP contribution in [-0.4, -0.2) is 33.3 Å². The average molecular weight is 307 g/mol. The summed E-state index contributed by atoms with van der Waals surface area (Å²) in [6.07, 6.45) is 2.08. The maximum atomic E-state index is 11.8. The zero-order valence-corrected chi connectivity index (χ0v) is 13.0. The number of nitrogens with one attached hydrogen (secondary N) is 1. The molecule has 0 bridgehead atoms. The third-order valence-electron chi connectivity index (χ3n) is 3.66. The Morgan fingerprint density at radius 2 is 2.27 bits per heavy atom. The van der Waals surface area contributed by atoms with Crippen LogP contribution in [0, 0.1) is 5.92 Å². The van der Waals surface area contributed by atoms with Gasteiger partial charge in [-0.2, -0.15) is 4.98 Å². The Morgan fingerprint density at radius 3 is 2.91 bits per heavy atom. The fourth-order valence-corrected chi connectivity index (χ4v) is 1.65. The molecule has 0 radical (unpaired) electrons. The van der Waals surface area contributed by atoms with E-state index in [4.69, 9.17) is 8.94 Å². The van der Waals surface area contributed by atoms with Crippen molar-refractivity contribution in [2.24, 2.45) is 5.92 Å². The lowest BCUT2D eigenvalue weighted by molar-refractivity contribution is -0.122. The summed E-state index contributed by atoms with van der Waals surface area (Å²) >= 11 is 0. The van der Waals surface area contributed by atoms with Crippen molar-refractivity contribution in [1.29, 1.82) is 0 Å². The molecule has 1 amide bonds. The second kappa shape index (κ2) is 6.74. The molecule has 0 aromatic carbocycles. The number of hydrogen-bond donors (Lipinski definition) is 2. The minimum atomic E-state index is -0.924. The van der Waals surface area contributed by atoms with Gasteiger partial charge in [-0.05, 0) is 25.0 Å². The van der Waals surface area contributed by atoms with Crippen LogP contribution in [0.5, 0.6) is 0 Å². The Morgan fingerprint density at radius 1 is 1.50 bits per heavy atom. The van der Waals surface area contributed by atoms with Crippen molar-refractivity contribution in [2.45, 2.75) is 39.2 Å². The fraction of sp³-hybridized carbons (Fsp3) is 0.533. The maximum Gasteiger partial charge on any atom is 0.238 e. The molecule has 22 heavy (non-hydrogen) atoms. The van der Waals surface area contributed by atoms with E-state index >= 15 is 0 Å². The molecule has 2 aromatic heterocycles. The van der Waals surface area contributed by atoms with Crippen molar-refractivity contribution < 1.29 is 18.8 Å². The van der Waals surface area contributed by atoms with Gasteiger partial charge in [-0.15, -0.1) is 0 Å². The molecule has 2 aromatic rings. The van der Waals surface area contributed by atoms with E-state index in [0.717, 1.165) is 0 Å². The lowest BCUT2D eigenvalue weighted by Gasteiger charge is -2.27. The third kappa shape index (κ3) is 4.17. The van der Waals surface area contributed by atoms with Crippen LogP contribution in [-0.2, 0) is 11.2 Å². The first-order chi connectivity index (χ1) is 10.4. The summed E-state index contributed by atoms with van der Waals surface area (Å²) in [7, 11) is 0. The van der Waals surface area contributed by atoms with Crippen LogP contribution < -0.4 is 5.32 Å². The fourth-order valence-electron chi connectivity index (χ4n) is 1.65. The Kier molecular flexibility index (Phi) is 4.97.